The quantitative estimate of drug-likeness (QED) is 0.174. The highest BCUT2D eigenvalue weighted by molar-refractivity contribution is 5.91. The van der Waals surface area contributed by atoms with E-state index in [1.54, 1.807) is 0 Å². The number of hydrogen-bond acceptors (Lipinski definition) is 5. The summed E-state index contributed by atoms with van der Waals surface area (Å²) in [5.74, 6) is 2.87. The fourth-order valence-corrected chi connectivity index (χ4v) is 9.82. The lowest BCUT2D eigenvalue weighted by Gasteiger charge is -2.39. The van der Waals surface area contributed by atoms with Gasteiger partial charge < -0.3 is 13.6 Å². The lowest BCUT2D eigenvalue weighted by atomic mass is 9.66. The van der Waals surface area contributed by atoms with Crippen LogP contribution in [0.15, 0.2) is 215 Å². The summed E-state index contributed by atoms with van der Waals surface area (Å²) in [5, 5.41) is 0. The maximum atomic E-state index is 6.58. The van der Waals surface area contributed by atoms with E-state index in [9.17, 15) is 0 Å². The van der Waals surface area contributed by atoms with Crippen LogP contribution >= 0.6 is 0 Å². The van der Waals surface area contributed by atoms with Crippen molar-refractivity contribution in [1.29, 1.82) is 0 Å². The Morgan fingerprint density at radius 2 is 0.742 bits per heavy atom. The lowest BCUT2D eigenvalue weighted by Crippen LogP contribution is -2.32. The Morgan fingerprint density at radius 3 is 1.32 bits per heavy atom. The number of benzene rings is 9. The maximum Gasteiger partial charge on any atom is 0.227 e. The standard InChI is InChI=1S/C57H34N2O3/c1-2-18-45-43(17-1)44-28-27-39(34-48(44)57(45)46-19-3-7-23-51(46)60-52-24-8-4-20-47(52)57)37-15-11-13-35(29-37)36-14-12-16-38(30-36)40-31-41(55-58-49-21-5-9-25-53(49)61-55)33-42(32-40)56-59-50-22-6-10-26-54(50)62-56/h1-34H. The molecular formula is C57H34N2O3. The summed E-state index contributed by atoms with van der Waals surface area (Å²) in [6.45, 7) is 0. The molecule has 0 bridgehead atoms. The van der Waals surface area contributed by atoms with E-state index in [1.807, 2.05) is 54.6 Å². The molecule has 2 aliphatic rings. The highest BCUT2D eigenvalue weighted by atomic mass is 16.5. The summed E-state index contributed by atoms with van der Waals surface area (Å²) < 4.78 is 19.2. The van der Waals surface area contributed by atoms with Gasteiger partial charge in [-0.3, -0.25) is 0 Å². The van der Waals surface area contributed by atoms with Crippen LogP contribution in [0.1, 0.15) is 22.3 Å². The fraction of sp³-hybridized carbons (Fsp3) is 0.0175. The largest absolute Gasteiger partial charge is 0.457 e. The number of rotatable bonds is 5. The minimum absolute atomic E-state index is 0.525. The fourth-order valence-electron chi connectivity index (χ4n) is 9.82. The third-order valence-corrected chi connectivity index (χ3v) is 12.6. The van der Waals surface area contributed by atoms with Crippen LogP contribution in [-0.2, 0) is 5.41 Å². The van der Waals surface area contributed by atoms with Gasteiger partial charge in [-0.25, -0.2) is 9.97 Å². The molecule has 2 aromatic heterocycles. The van der Waals surface area contributed by atoms with Gasteiger partial charge in [-0.15, -0.1) is 0 Å². The third kappa shape index (κ3) is 5.22. The SMILES string of the molecule is c1cc(-c2cccc(-c3ccc4c(c3)C3(c5ccccc5Oc5ccccc53)c3ccccc3-4)c2)cc(-c2cc(-c3nc4ccccc4o3)cc(-c3nc4ccccc4o3)c2)c1. The van der Waals surface area contributed by atoms with Crippen LogP contribution in [0.4, 0.5) is 0 Å². The topological polar surface area (TPSA) is 61.3 Å². The molecule has 13 rings (SSSR count). The molecule has 1 aliphatic carbocycles. The van der Waals surface area contributed by atoms with Crippen LogP contribution < -0.4 is 4.74 Å². The minimum Gasteiger partial charge on any atom is -0.457 e. The monoisotopic (exact) mass is 794 g/mol. The molecule has 0 saturated heterocycles. The molecule has 0 saturated carbocycles. The summed E-state index contributed by atoms with van der Waals surface area (Å²) in [4.78, 5) is 9.72. The summed E-state index contributed by atoms with van der Waals surface area (Å²) in [5.41, 5.74) is 18.2. The number of para-hydroxylation sites is 6. The Hall–Kier alpha value is -8.28. The Morgan fingerprint density at radius 1 is 0.306 bits per heavy atom. The molecule has 1 aliphatic heterocycles. The van der Waals surface area contributed by atoms with Gasteiger partial charge in [0.25, 0.3) is 0 Å². The second-order valence-electron chi connectivity index (χ2n) is 16.1. The van der Waals surface area contributed by atoms with Gasteiger partial charge in [0, 0.05) is 22.3 Å². The second-order valence-corrected chi connectivity index (χ2v) is 16.1. The van der Waals surface area contributed by atoms with Crippen LogP contribution in [0.5, 0.6) is 11.5 Å². The van der Waals surface area contributed by atoms with E-state index in [-0.39, 0.29) is 0 Å². The average molecular weight is 795 g/mol. The van der Waals surface area contributed by atoms with Gasteiger partial charge in [0.05, 0.1) is 5.41 Å². The molecule has 3 heterocycles. The second kappa shape index (κ2) is 13.4. The van der Waals surface area contributed by atoms with Gasteiger partial charge in [0.15, 0.2) is 11.2 Å². The first kappa shape index (κ1) is 34.6. The van der Waals surface area contributed by atoms with Crippen molar-refractivity contribution >= 4 is 22.2 Å². The van der Waals surface area contributed by atoms with E-state index in [0.717, 1.165) is 89.3 Å². The molecule has 9 aromatic carbocycles. The van der Waals surface area contributed by atoms with E-state index in [2.05, 4.69) is 152 Å². The molecule has 0 fully saturated rings. The van der Waals surface area contributed by atoms with Crippen molar-refractivity contribution in [3.63, 3.8) is 0 Å². The van der Waals surface area contributed by atoms with Gasteiger partial charge in [0.1, 0.15) is 22.5 Å². The smallest absolute Gasteiger partial charge is 0.227 e. The Kier molecular flexibility index (Phi) is 7.45. The molecule has 290 valence electrons. The van der Waals surface area contributed by atoms with E-state index >= 15 is 0 Å². The van der Waals surface area contributed by atoms with Crippen LogP contribution in [0.3, 0.4) is 0 Å². The molecule has 0 atom stereocenters. The van der Waals surface area contributed by atoms with E-state index in [0.29, 0.717) is 11.8 Å². The number of aromatic nitrogens is 2. The highest BCUT2D eigenvalue weighted by Gasteiger charge is 2.51. The van der Waals surface area contributed by atoms with Crippen LogP contribution in [0, 0.1) is 0 Å². The predicted molar refractivity (Wildman–Crippen MR) is 246 cm³/mol. The molecule has 0 unspecified atom stereocenters. The van der Waals surface area contributed by atoms with Crippen molar-refractivity contribution in [3.05, 3.63) is 229 Å². The molecule has 62 heavy (non-hydrogen) atoms. The highest BCUT2D eigenvalue weighted by Crippen LogP contribution is 2.62. The molecule has 0 amide bonds. The summed E-state index contributed by atoms with van der Waals surface area (Å²) in [6, 6.07) is 72.5. The Labute approximate surface area is 357 Å². The molecule has 1 spiro atoms. The van der Waals surface area contributed by atoms with Crippen molar-refractivity contribution in [2.24, 2.45) is 0 Å². The zero-order valence-corrected chi connectivity index (χ0v) is 33.2. The molecule has 0 radical (unpaired) electrons. The molecule has 5 nitrogen and oxygen atoms in total. The third-order valence-electron chi connectivity index (χ3n) is 12.6. The van der Waals surface area contributed by atoms with Gasteiger partial charge >= 0.3 is 0 Å². The zero-order chi connectivity index (χ0) is 40.8. The number of hydrogen-bond donors (Lipinski definition) is 0. The Balaban J connectivity index is 0.927. The number of fused-ring (bicyclic) bond motifs is 11. The summed E-state index contributed by atoms with van der Waals surface area (Å²) >= 11 is 0. The van der Waals surface area contributed by atoms with Crippen molar-refractivity contribution in [2.75, 3.05) is 0 Å². The number of ether oxygens (including phenoxy) is 1. The van der Waals surface area contributed by atoms with E-state index in [4.69, 9.17) is 23.5 Å². The van der Waals surface area contributed by atoms with Gasteiger partial charge in [-0.1, -0.05) is 133 Å². The molecule has 5 heteroatoms. The summed E-state index contributed by atoms with van der Waals surface area (Å²) in [7, 11) is 0. The predicted octanol–water partition coefficient (Wildman–Crippen LogP) is 14.8. The summed E-state index contributed by atoms with van der Waals surface area (Å²) in [6.07, 6.45) is 0. The van der Waals surface area contributed by atoms with Gasteiger partial charge in [0.2, 0.25) is 11.8 Å². The molecular weight excluding hydrogens is 761 g/mol. The van der Waals surface area contributed by atoms with Crippen LogP contribution in [0.2, 0.25) is 0 Å². The van der Waals surface area contributed by atoms with E-state index < -0.39 is 5.41 Å². The minimum atomic E-state index is -0.525. The normalized spacial score (nSPS) is 13.1. The molecule has 0 N–H and O–H groups in total. The maximum absolute atomic E-state index is 6.58. The van der Waals surface area contributed by atoms with E-state index in [1.165, 1.54) is 22.3 Å². The number of oxazole rings is 2. The molecule has 11 aromatic rings. The number of nitrogens with zero attached hydrogens (tertiary/aromatic N) is 2. The average Bonchev–Trinajstić information content (AvgIpc) is 4.05. The van der Waals surface area contributed by atoms with Gasteiger partial charge in [-0.2, -0.15) is 0 Å². The van der Waals surface area contributed by atoms with Crippen molar-refractivity contribution in [1.82, 2.24) is 9.97 Å². The van der Waals surface area contributed by atoms with Crippen molar-refractivity contribution in [3.8, 4) is 78.9 Å². The first-order valence-corrected chi connectivity index (χ1v) is 20.9. The first-order valence-electron chi connectivity index (χ1n) is 20.9. The van der Waals surface area contributed by atoms with Crippen molar-refractivity contribution < 1.29 is 13.6 Å². The van der Waals surface area contributed by atoms with Crippen LogP contribution in [0.25, 0.3) is 89.6 Å². The van der Waals surface area contributed by atoms with Gasteiger partial charge in [-0.05, 0) is 128 Å². The lowest BCUT2D eigenvalue weighted by molar-refractivity contribution is 0.436. The van der Waals surface area contributed by atoms with Crippen molar-refractivity contribution in [2.45, 2.75) is 5.41 Å². The van der Waals surface area contributed by atoms with Crippen LogP contribution in [-0.4, -0.2) is 9.97 Å². The first-order chi connectivity index (χ1) is 30.7. The Bertz CT molecular complexity index is 3390. The zero-order valence-electron chi connectivity index (χ0n) is 33.2.